The summed E-state index contributed by atoms with van der Waals surface area (Å²) in [4.78, 5) is 4.11. The van der Waals surface area contributed by atoms with Crippen LogP contribution in [0.3, 0.4) is 0 Å². The molecule has 1 aromatic heterocycles. The molecule has 0 radical (unpaired) electrons. The van der Waals surface area contributed by atoms with Crippen LogP contribution in [0.15, 0.2) is 36.5 Å². The molecule has 0 aliphatic carbocycles. The van der Waals surface area contributed by atoms with Crippen LogP contribution in [0.1, 0.15) is 30.6 Å². The Bertz CT molecular complexity index is 587. The first-order valence-electron chi connectivity index (χ1n) is 6.89. The van der Waals surface area contributed by atoms with Crippen molar-refractivity contribution in [1.29, 1.82) is 0 Å². The number of rotatable bonds is 6. The largest absolute Gasteiger partial charge is 0.308 e. The summed E-state index contributed by atoms with van der Waals surface area (Å²) in [5.74, 6) is -0.813. The van der Waals surface area contributed by atoms with Crippen LogP contribution in [0.4, 0.5) is 8.78 Å². The van der Waals surface area contributed by atoms with Gasteiger partial charge in [-0.3, -0.25) is 4.98 Å². The Balaban J connectivity index is 2.23. The van der Waals surface area contributed by atoms with Crippen molar-refractivity contribution >= 4 is 11.6 Å². The van der Waals surface area contributed by atoms with Crippen molar-refractivity contribution in [2.45, 2.75) is 25.8 Å². The highest BCUT2D eigenvalue weighted by Gasteiger charge is 2.16. The quantitative estimate of drug-likeness (QED) is 0.860. The summed E-state index contributed by atoms with van der Waals surface area (Å²) in [6, 6.07) is 7.62. The Labute approximate surface area is 128 Å². The highest BCUT2D eigenvalue weighted by atomic mass is 35.5. The number of hydrogen-bond acceptors (Lipinski definition) is 2. The SMILES string of the molecule is CCCNC(Cc1cccc(F)c1Cl)c1ccc(F)cn1. The van der Waals surface area contributed by atoms with Gasteiger partial charge in [0.25, 0.3) is 0 Å². The van der Waals surface area contributed by atoms with Crippen LogP contribution >= 0.6 is 11.6 Å². The van der Waals surface area contributed by atoms with Gasteiger partial charge in [-0.1, -0.05) is 30.7 Å². The van der Waals surface area contributed by atoms with Crippen LogP contribution in [0.25, 0.3) is 0 Å². The zero-order valence-corrected chi connectivity index (χ0v) is 12.5. The van der Waals surface area contributed by atoms with Gasteiger partial charge in [0.05, 0.1) is 23.0 Å². The fraction of sp³-hybridized carbons (Fsp3) is 0.312. The van der Waals surface area contributed by atoms with Gasteiger partial charge in [-0.15, -0.1) is 0 Å². The van der Waals surface area contributed by atoms with Crippen molar-refractivity contribution in [2.24, 2.45) is 0 Å². The maximum absolute atomic E-state index is 13.5. The van der Waals surface area contributed by atoms with E-state index in [2.05, 4.69) is 17.2 Å². The normalized spacial score (nSPS) is 12.4. The number of pyridine rings is 1. The van der Waals surface area contributed by atoms with E-state index in [0.717, 1.165) is 13.0 Å². The minimum atomic E-state index is -0.435. The molecule has 2 rings (SSSR count). The third-order valence-corrected chi connectivity index (χ3v) is 3.63. The molecule has 0 fully saturated rings. The fourth-order valence-corrected chi connectivity index (χ4v) is 2.32. The first-order valence-corrected chi connectivity index (χ1v) is 7.27. The van der Waals surface area contributed by atoms with E-state index in [4.69, 9.17) is 11.6 Å². The van der Waals surface area contributed by atoms with Gasteiger partial charge in [0.2, 0.25) is 0 Å². The lowest BCUT2D eigenvalue weighted by atomic mass is 10.0. The molecule has 0 saturated carbocycles. The number of halogens is 3. The molecule has 0 spiro atoms. The Kier molecular flexibility index (Phi) is 5.65. The van der Waals surface area contributed by atoms with Crippen LogP contribution in [0.2, 0.25) is 5.02 Å². The highest BCUT2D eigenvalue weighted by Crippen LogP contribution is 2.25. The van der Waals surface area contributed by atoms with E-state index >= 15 is 0 Å². The van der Waals surface area contributed by atoms with Crippen LogP contribution in [-0.4, -0.2) is 11.5 Å². The van der Waals surface area contributed by atoms with Crippen molar-refractivity contribution in [3.05, 3.63) is 64.4 Å². The molecule has 0 bridgehead atoms. The van der Waals surface area contributed by atoms with Crippen molar-refractivity contribution in [1.82, 2.24) is 10.3 Å². The lowest BCUT2D eigenvalue weighted by molar-refractivity contribution is 0.512. The summed E-state index contributed by atoms with van der Waals surface area (Å²) in [7, 11) is 0. The second-order valence-corrected chi connectivity index (χ2v) is 5.20. The van der Waals surface area contributed by atoms with Gasteiger partial charge in [0, 0.05) is 0 Å². The monoisotopic (exact) mass is 310 g/mol. The number of aromatic nitrogens is 1. The average molecular weight is 311 g/mol. The third-order valence-electron chi connectivity index (χ3n) is 3.20. The fourth-order valence-electron chi connectivity index (χ4n) is 2.12. The molecule has 2 nitrogen and oxygen atoms in total. The van der Waals surface area contributed by atoms with Gasteiger partial charge < -0.3 is 5.32 Å². The number of hydrogen-bond donors (Lipinski definition) is 1. The minimum Gasteiger partial charge on any atom is -0.308 e. The summed E-state index contributed by atoms with van der Waals surface area (Å²) < 4.78 is 26.5. The van der Waals surface area contributed by atoms with Crippen LogP contribution in [-0.2, 0) is 6.42 Å². The van der Waals surface area contributed by atoms with Crippen LogP contribution in [0.5, 0.6) is 0 Å². The zero-order valence-electron chi connectivity index (χ0n) is 11.7. The molecule has 1 heterocycles. The molecule has 112 valence electrons. The summed E-state index contributed by atoms with van der Waals surface area (Å²) in [5, 5.41) is 3.46. The van der Waals surface area contributed by atoms with Crippen molar-refractivity contribution < 1.29 is 8.78 Å². The number of benzene rings is 1. The van der Waals surface area contributed by atoms with Crippen molar-refractivity contribution in [3.8, 4) is 0 Å². The molecule has 2 aromatic rings. The van der Waals surface area contributed by atoms with E-state index in [1.165, 1.54) is 18.3 Å². The lowest BCUT2D eigenvalue weighted by Crippen LogP contribution is -2.25. The molecule has 0 aliphatic rings. The van der Waals surface area contributed by atoms with Gasteiger partial charge in [0.1, 0.15) is 11.6 Å². The van der Waals surface area contributed by atoms with E-state index in [1.54, 1.807) is 18.2 Å². The Hall–Kier alpha value is -1.52. The van der Waals surface area contributed by atoms with E-state index in [-0.39, 0.29) is 16.9 Å². The summed E-state index contributed by atoms with van der Waals surface area (Å²) >= 11 is 6.00. The molecule has 1 aromatic carbocycles. The van der Waals surface area contributed by atoms with Crippen LogP contribution < -0.4 is 5.32 Å². The van der Waals surface area contributed by atoms with Gasteiger partial charge in [-0.25, -0.2) is 8.78 Å². The second-order valence-electron chi connectivity index (χ2n) is 4.83. The maximum atomic E-state index is 13.5. The van der Waals surface area contributed by atoms with Crippen molar-refractivity contribution in [2.75, 3.05) is 6.54 Å². The molecule has 0 aliphatic heterocycles. The van der Waals surface area contributed by atoms with Crippen LogP contribution in [0, 0.1) is 11.6 Å². The molecule has 0 amide bonds. The third kappa shape index (κ3) is 4.22. The standard InChI is InChI=1S/C16H17ClF2N2/c1-2-8-20-15(14-7-6-12(18)10-21-14)9-11-4-3-5-13(19)16(11)17/h3-7,10,15,20H,2,8-9H2,1H3. The molecule has 5 heteroatoms. The predicted molar refractivity (Wildman–Crippen MR) is 80.3 cm³/mol. The molecule has 1 atom stereocenters. The molecule has 1 unspecified atom stereocenters. The van der Waals surface area contributed by atoms with Gasteiger partial charge >= 0.3 is 0 Å². The smallest absolute Gasteiger partial charge is 0.142 e. The molecular formula is C16H17ClF2N2. The predicted octanol–water partition coefficient (Wildman–Crippen LogP) is 4.30. The summed E-state index contributed by atoms with van der Waals surface area (Å²) in [5.41, 5.74) is 1.42. The van der Waals surface area contributed by atoms with Gasteiger partial charge in [-0.2, -0.15) is 0 Å². The average Bonchev–Trinajstić information content (AvgIpc) is 2.49. The molecule has 21 heavy (non-hydrogen) atoms. The number of nitrogens with one attached hydrogen (secondary N) is 1. The molecule has 0 saturated heterocycles. The molecule has 1 N–H and O–H groups in total. The Morgan fingerprint density at radius 1 is 1.24 bits per heavy atom. The first kappa shape index (κ1) is 15.9. The van der Waals surface area contributed by atoms with Crippen molar-refractivity contribution in [3.63, 3.8) is 0 Å². The van der Waals surface area contributed by atoms with E-state index in [9.17, 15) is 8.78 Å². The topological polar surface area (TPSA) is 24.9 Å². The summed E-state index contributed by atoms with van der Waals surface area (Å²) in [6.45, 7) is 2.84. The molecular weight excluding hydrogens is 294 g/mol. The van der Waals surface area contributed by atoms with E-state index in [0.29, 0.717) is 17.7 Å². The van der Waals surface area contributed by atoms with E-state index < -0.39 is 5.82 Å². The number of nitrogens with zero attached hydrogens (tertiary/aromatic N) is 1. The second kappa shape index (κ2) is 7.48. The Morgan fingerprint density at radius 3 is 2.71 bits per heavy atom. The van der Waals surface area contributed by atoms with Gasteiger partial charge in [-0.05, 0) is 43.1 Å². The lowest BCUT2D eigenvalue weighted by Gasteiger charge is -2.19. The minimum absolute atomic E-state index is 0.128. The summed E-state index contributed by atoms with van der Waals surface area (Å²) in [6.07, 6.45) is 2.63. The zero-order chi connectivity index (χ0) is 15.2. The maximum Gasteiger partial charge on any atom is 0.142 e. The Morgan fingerprint density at radius 2 is 2.05 bits per heavy atom. The van der Waals surface area contributed by atoms with E-state index in [1.807, 2.05) is 0 Å². The first-order chi connectivity index (χ1) is 10.1. The highest BCUT2D eigenvalue weighted by molar-refractivity contribution is 6.31. The van der Waals surface area contributed by atoms with Gasteiger partial charge in [0.15, 0.2) is 0 Å².